The summed E-state index contributed by atoms with van der Waals surface area (Å²) >= 11 is 0. The predicted octanol–water partition coefficient (Wildman–Crippen LogP) is 5.31. The van der Waals surface area contributed by atoms with Crippen LogP contribution in [0.25, 0.3) is 11.1 Å². The molecule has 0 spiro atoms. The topological polar surface area (TPSA) is 66.5 Å². The zero-order chi connectivity index (χ0) is 22.5. The highest BCUT2D eigenvalue weighted by molar-refractivity contribution is 6.02. The maximum atomic E-state index is 12.6. The number of unbranched alkanes of at least 4 members (excludes halogenated alkanes) is 2. The van der Waals surface area contributed by atoms with Crippen molar-refractivity contribution in [1.82, 2.24) is 4.57 Å². The molecule has 0 radical (unpaired) electrons. The molecule has 0 atom stereocenters. The van der Waals surface area contributed by atoms with Crippen LogP contribution in [0.4, 0.5) is 0 Å². The molecule has 1 aromatic heterocycles. The van der Waals surface area contributed by atoms with Crippen LogP contribution in [-0.2, 0) is 19.4 Å². The van der Waals surface area contributed by atoms with Crippen LogP contribution in [-0.4, -0.2) is 23.7 Å². The lowest BCUT2D eigenvalue weighted by molar-refractivity contribution is 0.1000. The summed E-state index contributed by atoms with van der Waals surface area (Å²) < 4.78 is 13.8. The molecule has 2 N–H and O–H groups in total. The van der Waals surface area contributed by atoms with Crippen LogP contribution in [0.2, 0.25) is 0 Å². The number of hydrogen-bond donors (Lipinski definition) is 1. The summed E-state index contributed by atoms with van der Waals surface area (Å²) in [5, 5.41) is 0. The van der Waals surface area contributed by atoms with Crippen LogP contribution >= 0.6 is 0 Å². The van der Waals surface area contributed by atoms with Crippen LogP contribution < -0.4 is 15.2 Å². The van der Waals surface area contributed by atoms with E-state index in [0.717, 1.165) is 67.0 Å². The van der Waals surface area contributed by atoms with E-state index in [0.29, 0.717) is 18.8 Å². The highest BCUT2D eigenvalue weighted by Crippen LogP contribution is 2.39. The second-order valence-electron chi connectivity index (χ2n) is 8.35. The van der Waals surface area contributed by atoms with Crippen molar-refractivity contribution in [1.29, 1.82) is 0 Å². The summed E-state index contributed by atoms with van der Waals surface area (Å²) in [6, 6.07) is 16.4. The van der Waals surface area contributed by atoms with E-state index in [1.165, 1.54) is 11.3 Å². The number of benzene rings is 2. The fourth-order valence-electron chi connectivity index (χ4n) is 4.60. The Labute approximate surface area is 190 Å². The molecule has 4 rings (SSSR count). The van der Waals surface area contributed by atoms with Crippen molar-refractivity contribution in [2.24, 2.45) is 5.73 Å². The van der Waals surface area contributed by atoms with E-state index >= 15 is 0 Å². The fourth-order valence-corrected chi connectivity index (χ4v) is 4.60. The smallest absolute Gasteiger partial charge is 0.251 e. The van der Waals surface area contributed by atoms with Crippen molar-refractivity contribution in [2.75, 3.05) is 13.2 Å². The van der Waals surface area contributed by atoms with Crippen LogP contribution in [0, 0.1) is 6.92 Å². The zero-order valence-corrected chi connectivity index (χ0v) is 19.0. The van der Waals surface area contributed by atoms with Gasteiger partial charge in [-0.25, -0.2) is 0 Å². The molecular weight excluding hydrogens is 400 g/mol. The van der Waals surface area contributed by atoms with Crippen LogP contribution in [0.15, 0.2) is 48.5 Å². The SMILES string of the molecule is CCCCCc1c(-c2ccc3c(c2)OCCO3)c(C(N)=O)c(C)n1CCc1ccccc1. The molecule has 0 saturated heterocycles. The van der Waals surface area contributed by atoms with Crippen molar-refractivity contribution < 1.29 is 14.3 Å². The number of hydrogen-bond acceptors (Lipinski definition) is 3. The molecule has 0 unspecified atom stereocenters. The number of aromatic nitrogens is 1. The van der Waals surface area contributed by atoms with Gasteiger partial charge in [0.2, 0.25) is 0 Å². The highest BCUT2D eigenvalue weighted by Gasteiger charge is 2.25. The van der Waals surface area contributed by atoms with E-state index in [1.807, 2.05) is 31.2 Å². The Kier molecular flexibility index (Phi) is 6.84. The maximum Gasteiger partial charge on any atom is 0.251 e. The van der Waals surface area contributed by atoms with Gasteiger partial charge in [-0.2, -0.15) is 0 Å². The van der Waals surface area contributed by atoms with E-state index in [2.05, 4.69) is 35.8 Å². The van der Waals surface area contributed by atoms with Gasteiger partial charge in [0.25, 0.3) is 5.91 Å². The van der Waals surface area contributed by atoms with E-state index in [-0.39, 0.29) is 5.91 Å². The third-order valence-corrected chi connectivity index (χ3v) is 6.19. The molecule has 2 aromatic carbocycles. The Morgan fingerprint density at radius 3 is 2.47 bits per heavy atom. The van der Waals surface area contributed by atoms with E-state index in [9.17, 15) is 4.79 Å². The van der Waals surface area contributed by atoms with Gasteiger partial charge >= 0.3 is 0 Å². The molecule has 32 heavy (non-hydrogen) atoms. The van der Waals surface area contributed by atoms with Gasteiger partial charge in [0.05, 0.1) is 5.56 Å². The molecule has 1 amide bonds. The Balaban J connectivity index is 1.80. The number of carbonyl (C=O) groups excluding carboxylic acids is 1. The maximum absolute atomic E-state index is 12.6. The molecule has 2 heterocycles. The first-order valence-electron chi connectivity index (χ1n) is 11.6. The molecule has 0 saturated carbocycles. The molecule has 1 aliphatic rings. The first-order chi connectivity index (χ1) is 15.6. The first-order valence-corrected chi connectivity index (χ1v) is 11.6. The number of ether oxygens (including phenoxy) is 2. The lowest BCUT2D eigenvalue weighted by Gasteiger charge is -2.19. The van der Waals surface area contributed by atoms with Crippen molar-refractivity contribution in [3.8, 4) is 22.6 Å². The largest absolute Gasteiger partial charge is 0.486 e. The van der Waals surface area contributed by atoms with E-state index in [4.69, 9.17) is 15.2 Å². The Bertz CT molecular complexity index is 1090. The molecule has 1 aliphatic heterocycles. The second-order valence-corrected chi connectivity index (χ2v) is 8.35. The zero-order valence-electron chi connectivity index (χ0n) is 19.0. The summed E-state index contributed by atoms with van der Waals surface area (Å²) in [4.78, 5) is 12.6. The summed E-state index contributed by atoms with van der Waals surface area (Å²) in [7, 11) is 0. The molecular formula is C27H32N2O3. The van der Waals surface area contributed by atoms with E-state index in [1.54, 1.807) is 0 Å². The minimum absolute atomic E-state index is 0.386. The summed E-state index contributed by atoms with van der Waals surface area (Å²) in [5.41, 5.74) is 11.8. The van der Waals surface area contributed by atoms with Gasteiger partial charge in [0.15, 0.2) is 11.5 Å². The number of nitrogens with zero attached hydrogens (tertiary/aromatic N) is 1. The fraction of sp³-hybridized carbons (Fsp3) is 0.370. The Morgan fingerprint density at radius 2 is 1.75 bits per heavy atom. The second kappa shape index (κ2) is 9.94. The third kappa shape index (κ3) is 4.52. The molecule has 0 bridgehead atoms. The van der Waals surface area contributed by atoms with Crippen molar-refractivity contribution >= 4 is 5.91 Å². The summed E-state index contributed by atoms with van der Waals surface area (Å²) in [6.07, 6.45) is 5.17. The molecule has 3 aromatic rings. The number of fused-ring (bicyclic) bond motifs is 1. The first kappa shape index (κ1) is 22.0. The number of primary amides is 1. The molecule has 0 aliphatic carbocycles. The normalized spacial score (nSPS) is 12.7. The number of aryl methyl sites for hydroxylation is 1. The molecule has 0 fully saturated rings. The van der Waals surface area contributed by atoms with Crippen LogP contribution in [0.3, 0.4) is 0 Å². The molecule has 5 nitrogen and oxygen atoms in total. The average Bonchev–Trinajstić information content (AvgIpc) is 3.09. The average molecular weight is 433 g/mol. The number of amides is 1. The predicted molar refractivity (Wildman–Crippen MR) is 127 cm³/mol. The molecule has 5 heteroatoms. The van der Waals surface area contributed by atoms with Gasteiger partial charge in [0.1, 0.15) is 13.2 Å². The van der Waals surface area contributed by atoms with Gasteiger partial charge in [-0.1, -0.05) is 56.2 Å². The number of rotatable bonds is 9. The van der Waals surface area contributed by atoms with E-state index < -0.39 is 0 Å². The minimum atomic E-state index is -0.386. The minimum Gasteiger partial charge on any atom is -0.486 e. The highest BCUT2D eigenvalue weighted by atomic mass is 16.6. The van der Waals surface area contributed by atoms with Crippen molar-refractivity contribution in [3.05, 3.63) is 71.0 Å². The van der Waals surface area contributed by atoms with Crippen molar-refractivity contribution in [2.45, 2.75) is 52.5 Å². The number of carbonyl (C=O) groups is 1. The Hall–Kier alpha value is -3.21. The summed E-state index contributed by atoms with van der Waals surface area (Å²) in [6.45, 7) is 6.10. The Morgan fingerprint density at radius 1 is 1.00 bits per heavy atom. The monoisotopic (exact) mass is 432 g/mol. The lowest BCUT2D eigenvalue weighted by Crippen LogP contribution is -2.15. The number of nitrogens with two attached hydrogens (primary N) is 1. The van der Waals surface area contributed by atoms with Gasteiger partial charge in [-0.3, -0.25) is 4.79 Å². The van der Waals surface area contributed by atoms with Crippen LogP contribution in [0.5, 0.6) is 11.5 Å². The lowest BCUT2D eigenvalue weighted by atomic mass is 9.97. The van der Waals surface area contributed by atoms with Gasteiger partial charge < -0.3 is 19.8 Å². The van der Waals surface area contributed by atoms with Gasteiger partial charge in [-0.05, 0) is 49.4 Å². The third-order valence-electron chi connectivity index (χ3n) is 6.19. The van der Waals surface area contributed by atoms with Gasteiger partial charge in [-0.15, -0.1) is 0 Å². The van der Waals surface area contributed by atoms with Crippen LogP contribution in [0.1, 0.15) is 53.5 Å². The standard InChI is InChI=1S/C27H32N2O3/c1-3-4-6-11-22-26(21-12-13-23-24(18-21)32-17-16-31-23)25(27(28)30)19(2)29(22)15-14-20-9-7-5-8-10-20/h5,7-10,12-13,18H,3-4,6,11,14-17H2,1-2H3,(H2,28,30). The summed E-state index contributed by atoms with van der Waals surface area (Å²) in [5.74, 6) is 1.08. The quantitative estimate of drug-likeness (QED) is 0.466. The van der Waals surface area contributed by atoms with Gasteiger partial charge in [0, 0.05) is 23.5 Å². The molecule has 168 valence electrons. The van der Waals surface area contributed by atoms with Crippen molar-refractivity contribution in [3.63, 3.8) is 0 Å².